The van der Waals surface area contributed by atoms with Gasteiger partial charge in [0.15, 0.2) is 0 Å². The van der Waals surface area contributed by atoms with Gasteiger partial charge in [0.1, 0.15) is 0 Å². The van der Waals surface area contributed by atoms with Gasteiger partial charge in [-0.2, -0.15) is 0 Å². The first kappa shape index (κ1) is 14.8. The molecule has 1 aromatic rings. The van der Waals surface area contributed by atoms with Crippen molar-refractivity contribution < 1.29 is 0 Å². The summed E-state index contributed by atoms with van der Waals surface area (Å²) in [5.41, 5.74) is 0. The van der Waals surface area contributed by atoms with Gasteiger partial charge in [-0.3, -0.25) is 0 Å². The molecule has 0 bridgehead atoms. The molecule has 0 radical (unpaired) electrons. The molecule has 0 fully saturated rings. The van der Waals surface area contributed by atoms with Gasteiger partial charge >= 0.3 is 0 Å². The zero-order chi connectivity index (χ0) is 12.3. The lowest BCUT2D eigenvalue weighted by molar-refractivity contribution is 1.19. The summed E-state index contributed by atoms with van der Waals surface area (Å²) in [7, 11) is -1.47. The van der Waals surface area contributed by atoms with Crippen LogP contribution in [0.15, 0.2) is 12.1 Å². The second-order valence-electron chi connectivity index (χ2n) is 4.09. The molecule has 90 valence electrons. The SMILES string of the molecule is CC[Si](CC)(CC)c1c(Cl)cc(I)cc1Cl. The molecule has 1 rings (SSSR count). The first-order valence-electron chi connectivity index (χ1n) is 5.65. The summed E-state index contributed by atoms with van der Waals surface area (Å²) >= 11 is 15.1. The van der Waals surface area contributed by atoms with E-state index in [4.69, 9.17) is 23.2 Å². The van der Waals surface area contributed by atoms with E-state index in [1.165, 1.54) is 23.3 Å². The van der Waals surface area contributed by atoms with E-state index in [0.29, 0.717) is 0 Å². The van der Waals surface area contributed by atoms with Gasteiger partial charge < -0.3 is 0 Å². The molecule has 0 aliphatic heterocycles. The minimum atomic E-state index is -1.47. The Balaban J connectivity index is 3.40. The molecular weight excluding hydrogens is 370 g/mol. The Hall–Kier alpha value is 0.747. The van der Waals surface area contributed by atoms with E-state index in [1.54, 1.807) is 0 Å². The molecule has 16 heavy (non-hydrogen) atoms. The van der Waals surface area contributed by atoms with Gasteiger partial charge in [0.05, 0.1) is 8.07 Å². The van der Waals surface area contributed by atoms with Crippen LogP contribution >= 0.6 is 45.8 Å². The van der Waals surface area contributed by atoms with Crippen molar-refractivity contribution in [1.29, 1.82) is 0 Å². The molecule has 0 N–H and O–H groups in total. The van der Waals surface area contributed by atoms with Crippen molar-refractivity contribution >= 4 is 59.1 Å². The van der Waals surface area contributed by atoms with E-state index in [2.05, 4.69) is 43.4 Å². The maximum Gasteiger partial charge on any atom is 0.0898 e. The van der Waals surface area contributed by atoms with Crippen LogP contribution in [0.2, 0.25) is 28.2 Å². The van der Waals surface area contributed by atoms with Crippen LogP contribution in [0.1, 0.15) is 20.8 Å². The van der Waals surface area contributed by atoms with Crippen molar-refractivity contribution in [2.75, 3.05) is 0 Å². The van der Waals surface area contributed by atoms with Gasteiger partial charge in [0, 0.05) is 13.6 Å². The van der Waals surface area contributed by atoms with E-state index in [0.717, 1.165) is 13.6 Å². The summed E-state index contributed by atoms with van der Waals surface area (Å²) in [6, 6.07) is 7.69. The predicted octanol–water partition coefficient (Wildman–Crippen LogP) is 5.31. The molecule has 0 atom stereocenters. The second-order valence-corrected chi connectivity index (χ2v) is 11.3. The van der Waals surface area contributed by atoms with E-state index >= 15 is 0 Å². The lowest BCUT2D eigenvalue weighted by Crippen LogP contribution is -2.47. The Morgan fingerprint density at radius 3 is 1.69 bits per heavy atom. The minimum absolute atomic E-state index is 0.870. The summed E-state index contributed by atoms with van der Waals surface area (Å²) in [6.45, 7) is 6.80. The fourth-order valence-electron chi connectivity index (χ4n) is 2.33. The topological polar surface area (TPSA) is 0 Å². The van der Waals surface area contributed by atoms with Crippen LogP contribution < -0.4 is 5.19 Å². The molecular formula is C12H17Cl2ISi. The first-order valence-corrected chi connectivity index (χ1v) is 10.1. The lowest BCUT2D eigenvalue weighted by Gasteiger charge is -2.30. The highest BCUT2D eigenvalue weighted by Crippen LogP contribution is 2.29. The van der Waals surface area contributed by atoms with Crippen LogP contribution in [0, 0.1) is 3.57 Å². The highest BCUT2D eigenvalue weighted by Gasteiger charge is 2.33. The highest BCUT2D eigenvalue weighted by molar-refractivity contribution is 14.1. The van der Waals surface area contributed by atoms with Crippen LogP contribution in [0.5, 0.6) is 0 Å². The third kappa shape index (κ3) is 2.77. The summed E-state index contributed by atoms with van der Waals surface area (Å²) in [6.07, 6.45) is 0. The van der Waals surface area contributed by atoms with Gasteiger partial charge in [-0.15, -0.1) is 0 Å². The third-order valence-electron chi connectivity index (χ3n) is 3.57. The lowest BCUT2D eigenvalue weighted by atomic mass is 10.4. The standard InChI is InChI=1S/C12H17Cl2ISi/c1-4-16(5-2,6-3)12-10(13)7-9(15)8-11(12)14/h7-8H,4-6H2,1-3H3. The first-order chi connectivity index (χ1) is 7.50. The van der Waals surface area contributed by atoms with Crippen molar-refractivity contribution in [3.05, 3.63) is 25.7 Å². The Morgan fingerprint density at radius 2 is 1.38 bits per heavy atom. The number of hydrogen-bond donors (Lipinski definition) is 0. The van der Waals surface area contributed by atoms with Crippen molar-refractivity contribution in [1.82, 2.24) is 0 Å². The van der Waals surface area contributed by atoms with Gasteiger partial charge in [-0.25, -0.2) is 0 Å². The van der Waals surface area contributed by atoms with Gasteiger partial charge in [0.25, 0.3) is 0 Å². The van der Waals surface area contributed by atoms with Crippen molar-refractivity contribution in [3.63, 3.8) is 0 Å². The highest BCUT2D eigenvalue weighted by atomic mass is 127. The average Bonchev–Trinajstić information content (AvgIpc) is 2.23. The molecule has 0 nitrogen and oxygen atoms in total. The quantitative estimate of drug-likeness (QED) is 0.485. The third-order valence-corrected chi connectivity index (χ3v) is 10.8. The Bertz CT molecular complexity index is 344. The Morgan fingerprint density at radius 1 is 1.00 bits per heavy atom. The summed E-state index contributed by atoms with van der Waals surface area (Å²) < 4.78 is 1.11. The number of hydrogen-bond acceptors (Lipinski definition) is 0. The zero-order valence-electron chi connectivity index (χ0n) is 9.91. The molecule has 0 unspecified atom stereocenters. The van der Waals surface area contributed by atoms with Gasteiger partial charge in [-0.1, -0.05) is 62.1 Å². The summed E-state index contributed by atoms with van der Waals surface area (Å²) in [4.78, 5) is 0. The molecule has 0 saturated carbocycles. The molecule has 0 aliphatic rings. The maximum atomic E-state index is 6.40. The minimum Gasteiger partial charge on any atom is -0.0844 e. The fraction of sp³-hybridized carbons (Fsp3) is 0.500. The normalized spacial score (nSPS) is 11.9. The molecule has 0 saturated heterocycles. The number of benzene rings is 1. The van der Waals surface area contributed by atoms with Crippen LogP contribution in [-0.4, -0.2) is 8.07 Å². The van der Waals surface area contributed by atoms with E-state index in [-0.39, 0.29) is 0 Å². The van der Waals surface area contributed by atoms with Crippen molar-refractivity contribution in [3.8, 4) is 0 Å². The van der Waals surface area contributed by atoms with Gasteiger partial charge in [-0.05, 0) is 39.9 Å². The molecule has 0 aromatic heterocycles. The molecule has 4 heteroatoms. The smallest absolute Gasteiger partial charge is 0.0844 e. The number of rotatable bonds is 4. The zero-order valence-corrected chi connectivity index (χ0v) is 14.6. The number of halogens is 3. The molecule has 0 heterocycles. The van der Waals surface area contributed by atoms with Crippen LogP contribution in [0.25, 0.3) is 0 Å². The van der Waals surface area contributed by atoms with E-state index in [1.807, 2.05) is 12.1 Å². The van der Waals surface area contributed by atoms with Gasteiger partial charge in [0.2, 0.25) is 0 Å². The van der Waals surface area contributed by atoms with Crippen molar-refractivity contribution in [2.24, 2.45) is 0 Å². The largest absolute Gasteiger partial charge is 0.0898 e. The van der Waals surface area contributed by atoms with E-state index in [9.17, 15) is 0 Å². The molecule has 0 amide bonds. The fourth-order valence-corrected chi connectivity index (χ4v) is 8.73. The van der Waals surface area contributed by atoms with Crippen LogP contribution in [-0.2, 0) is 0 Å². The molecule has 0 aliphatic carbocycles. The molecule has 0 spiro atoms. The Labute approximate surface area is 123 Å². The Kier molecular flexibility index (Phi) is 5.62. The molecule has 1 aromatic carbocycles. The van der Waals surface area contributed by atoms with E-state index < -0.39 is 8.07 Å². The predicted molar refractivity (Wildman–Crippen MR) is 86.0 cm³/mol. The average molecular weight is 387 g/mol. The maximum absolute atomic E-state index is 6.40. The van der Waals surface area contributed by atoms with Crippen LogP contribution in [0.4, 0.5) is 0 Å². The monoisotopic (exact) mass is 386 g/mol. The summed E-state index contributed by atoms with van der Waals surface area (Å²) in [5, 5.41) is 3.01. The van der Waals surface area contributed by atoms with Crippen molar-refractivity contribution in [2.45, 2.75) is 38.9 Å². The summed E-state index contributed by atoms with van der Waals surface area (Å²) in [5.74, 6) is 0. The second kappa shape index (κ2) is 6.07. The van der Waals surface area contributed by atoms with Crippen LogP contribution in [0.3, 0.4) is 0 Å².